The molecule has 0 aliphatic carbocycles. The van der Waals surface area contributed by atoms with Crippen LogP contribution in [0.5, 0.6) is 0 Å². The summed E-state index contributed by atoms with van der Waals surface area (Å²) in [6.07, 6.45) is -3.59. The Labute approximate surface area is 186 Å². The molecule has 1 amide bonds. The lowest BCUT2D eigenvalue weighted by Crippen LogP contribution is -2.35. The average molecular weight is 493 g/mol. The fourth-order valence-corrected chi connectivity index (χ4v) is 3.87. The Kier molecular flexibility index (Phi) is 6.62. The lowest BCUT2D eigenvalue weighted by molar-refractivity contribution is -0.137. The van der Waals surface area contributed by atoms with Gasteiger partial charge in [-0.05, 0) is 18.6 Å². The zero-order valence-electron chi connectivity index (χ0n) is 17.2. The number of aromatic nitrogens is 2. The molecule has 2 aromatic rings. The predicted molar refractivity (Wildman–Crippen MR) is 108 cm³/mol. The number of rotatable bonds is 4. The van der Waals surface area contributed by atoms with Gasteiger partial charge in [0.1, 0.15) is 5.82 Å². The average Bonchev–Trinajstić information content (AvgIpc) is 2.84. The van der Waals surface area contributed by atoms with Gasteiger partial charge in [0.05, 0.1) is 11.1 Å². The molecule has 1 aliphatic heterocycles. The van der Waals surface area contributed by atoms with Crippen molar-refractivity contribution in [3.8, 4) is 0 Å². The van der Waals surface area contributed by atoms with E-state index in [1.165, 1.54) is 17.9 Å². The van der Waals surface area contributed by atoms with Gasteiger partial charge in [-0.25, -0.2) is 32.3 Å². The number of primary sulfonamides is 1. The smallest absolute Gasteiger partial charge is 0.355 e. The van der Waals surface area contributed by atoms with Crippen molar-refractivity contribution in [1.29, 1.82) is 0 Å². The maximum atomic E-state index is 14.1. The standard InChI is InChI=1S/C19H20F5N5O3S/c1-11-10-29(6-2-4-18(11,20)21)16-14(7-12(9-27-16)19(22,23)24)17(30)28-13-3-5-26-15(8-13)33(25,31)32/h3,5,7-9,11H,2,4,6,10H2,1H3,(H2,25,31,32)(H,26,28,30)/t11-/m0/s1. The van der Waals surface area contributed by atoms with E-state index in [0.717, 1.165) is 12.3 Å². The number of carbonyl (C=O) groups excluding carboxylic acids is 1. The molecule has 3 heterocycles. The Bertz CT molecular complexity index is 1160. The summed E-state index contributed by atoms with van der Waals surface area (Å²) in [6, 6.07) is 2.72. The first-order valence-electron chi connectivity index (χ1n) is 9.69. The van der Waals surface area contributed by atoms with E-state index in [2.05, 4.69) is 15.3 Å². The molecule has 0 aromatic carbocycles. The van der Waals surface area contributed by atoms with Crippen LogP contribution in [0.4, 0.5) is 33.5 Å². The molecule has 3 N–H and O–H groups in total. The number of hydrogen-bond acceptors (Lipinski definition) is 6. The molecule has 0 unspecified atom stereocenters. The largest absolute Gasteiger partial charge is 0.417 e. The summed E-state index contributed by atoms with van der Waals surface area (Å²) in [5.74, 6) is -5.33. The number of pyridine rings is 2. The molecule has 0 saturated carbocycles. The lowest BCUT2D eigenvalue weighted by Gasteiger charge is -2.28. The zero-order valence-corrected chi connectivity index (χ0v) is 18.1. The maximum absolute atomic E-state index is 14.1. The minimum absolute atomic E-state index is 0.0448. The van der Waals surface area contributed by atoms with E-state index in [-0.39, 0.29) is 31.0 Å². The highest BCUT2D eigenvalue weighted by molar-refractivity contribution is 7.89. The molecule has 8 nitrogen and oxygen atoms in total. The SMILES string of the molecule is C[C@H]1CN(c2ncc(C(F)(F)F)cc2C(=O)Nc2ccnc(S(N)(=O)=O)c2)CCCC1(F)F. The number of carbonyl (C=O) groups is 1. The summed E-state index contributed by atoms with van der Waals surface area (Å²) >= 11 is 0. The number of sulfonamides is 1. The van der Waals surface area contributed by atoms with E-state index in [9.17, 15) is 35.2 Å². The summed E-state index contributed by atoms with van der Waals surface area (Å²) in [5.41, 5.74) is -1.81. The van der Waals surface area contributed by atoms with Gasteiger partial charge in [0.25, 0.3) is 21.9 Å². The molecule has 0 radical (unpaired) electrons. The van der Waals surface area contributed by atoms with Gasteiger partial charge in [-0.3, -0.25) is 4.79 Å². The van der Waals surface area contributed by atoms with Crippen LogP contribution in [0, 0.1) is 5.92 Å². The summed E-state index contributed by atoms with van der Waals surface area (Å²) < 4.78 is 91.0. The van der Waals surface area contributed by atoms with Crippen molar-refractivity contribution in [1.82, 2.24) is 9.97 Å². The van der Waals surface area contributed by atoms with E-state index in [0.29, 0.717) is 12.3 Å². The molecule has 1 atom stereocenters. The van der Waals surface area contributed by atoms with Crippen LogP contribution in [-0.2, 0) is 16.2 Å². The quantitative estimate of drug-likeness (QED) is 0.632. The number of nitrogens with one attached hydrogen (secondary N) is 1. The van der Waals surface area contributed by atoms with Crippen LogP contribution in [0.15, 0.2) is 35.6 Å². The molecule has 0 bridgehead atoms. The van der Waals surface area contributed by atoms with E-state index >= 15 is 0 Å². The first-order valence-corrected chi connectivity index (χ1v) is 11.2. The molecule has 2 aromatic heterocycles. The summed E-state index contributed by atoms with van der Waals surface area (Å²) in [4.78, 5) is 21.6. The van der Waals surface area contributed by atoms with Crippen molar-refractivity contribution < 1.29 is 35.2 Å². The van der Waals surface area contributed by atoms with Crippen LogP contribution in [0.2, 0.25) is 0 Å². The highest BCUT2D eigenvalue weighted by Crippen LogP contribution is 2.36. The molecule has 180 valence electrons. The molecule has 14 heteroatoms. The number of nitrogens with two attached hydrogens (primary N) is 1. The molecule has 1 saturated heterocycles. The molecule has 1 fully saturated rings. The minimum Gasteiger partial charge on any atom is -0.355 e. The number of halogens is 5. The second-order valence-electron chi connectivity index (χ2n) is 7.69. The van der Waals surface area contributed by atoms with Crippen LogP contribution in [-0.4, -0.2) is 43.3 Å². The Balaban J connectivity index is 2.01. The lowest BCUT2D eigenvalue weighted by atomic mass is 10.0. The third kappa shape index (κ3) is 5.74. The van der Waals surface area contributed by atoms with Gasteiger partial charge in [-0.2, -0.15) is 13.2 Å². The highest BCUT2D eigenvalue weighted by Gasteiger charge is 2.40. The monoisotopic (exact) mass is 493 g/mol. The van der Waals surface area contributed by atoms with Gasteiger partial charge < -0.3 is 10.2 Å². The van der Waals surface area contributed by atoms with Crippen molar-refractivity contribution in [2.24, 2.45) is 11.1 Å². The van der Waals surface area contributed by atoms with Crippen LogP contribution in [0.1, 0.15) is 35.7 Å². The number of nitrogens with zero attached hydrogens (tertiary/aromatic N) is 3. The molecule has 0 spiro atoms. The fourth-order valence-electron chi connectivity index (χ4n) is 3.37. The fraction of sp³-hybridized carbons (Fsp3) is 0.421. The summed E-state index contributed by atoms with van der Waals surface area (Å²) in [7, 11) is -4.20. The zero-order chi connectivity index (χ0) is 24.6. The Hall–Kier alpha value is -2.87. The maximum Gasteiger partial charge on any atom is 0.417 e. The van der Waals surface area contributed by atoms with Crippen LogP contribution < -0.4 is 15.4 Å². The predicted octanol–water partition coefficient (Wildman–Crippen LogP) is 3.27. The van der Waals surface area contributed by atoms with Crippen LogP contribution in [0.25, 0.3) is 0 Å². The van der Waals surface area contributed by atoms with E-state index < -0.39 is 56.5 Å². The topological polar surface area (TPSA) is 118 Å². The normalized spacial score (nSPS) is 19.1. The number of anilines is 2. The van der Waals surface area contributed by atoms with Crippen molar-refractivity contribution in [2.45, 2.75) is 36.9 Å². The molecular formula is C19H20F5N5O3S. The summed E-state index contributed by atoms with van der Waals surface area (Å²) in [6.45, 7) is 1.15. The molecule has 33 heavy (non-hydrogen) atoms. The second-order valence-corrected chi connectivity index (χ2v) is 9.19. The Morgan fingerprint density at radius 2 is 1.97 bits per heavy atom. The van der Waals surface area contributed by atoms with E-state index in [1.54, 1.807) is 0 Å². The van der Waals surface area contributed by atoms with Gasteiger partial charge in [0.15, 0.2) is 5.03 Å². The van der Waals surface area contributed by atoms with Crippen molar-refractivity contribution in [3.05, 3.63) is 41.7 Å². The summed E-state index contributed by atoms with van der Waals surface area (Å²) in [5, 5.41) is 6.73. The number of hydrogen-bond donors (Lipinski definition) is 2. The van der Waals surface area contributed by atoms with Gasteiger partial charge >= 0.3 is 6.18 Å². The van der Waals surface area contributed by atoms with Gasteiger partial charge in [0, 0.05) is 49.6 Å². The van der Waals surface area contributed by atoms with Gasteiger partial charge in [-0.1, -0.05) is 6.92 Å². The van der Waals surface area contributed by atoms with E-state index in [1.807, 2.05) is 0 Å². The Morgan fingerprint density at radius 1 is 1.27 bits per heavy atom. The minimum atomic E-state index is -4.81. The van der Waals surface area contributed by atoms with Crippen LogP contribution in [0.3, 0.4) is 0 Å². The van der Waals surface area contributed by atoms with Crippen molar-refractivity contribution >= 4 is 27.4 Å². The second kappa shape index (κ2) is 8.82. The molecule has 1 aliphatic rings. The first kappa shape index (κ1) is 24.8. The number of alkyl halides is 5. The third-order valence-corrected chi connectivity index (χ3v) is 5.98. The first-order chi connectivity index (χ1) is 15.2. The van der Waals surface area contributed by atoms with Crippen molar-refractivity contribution in [3.63, 3.8) is 0 Å². The van der Waals surface area contributed by atoms with E-state index in [4.69, 9.17) is 5.14 Å². The Morgan fingerprint density at radius 3 is 2.61 bits per heavy atom. The molecule has 3 rings (SSSR count). The van der Waals surface area contributed by atoms with Gasteiger partial charge in [-0.15, -0.1) is 0 Å². The third-order valence-electron chi connectivity index (χ3n) is 5.18. The van der Waals surface area contributed by atoms with Gasteiger partial charge in [0.2, 0.25) is 0 Å². The van der Waals surface area contributed by atoms with Crippen LogP contribution >= 0.6 is 0 Å². The highest BCUT2D eigenvalue weighted by atomic mass is 32.2. The number of amides is 1. The van der Waals surface area contributed by atoms with Crippen molar-refractivity contribution in [2.75, 3.05) is 23.3 Å². The molecular weight excluding hydrogens is 473 g/mol.